The SMILES string of the molecule is C=C(C)CCc1ccc(Cl)cc1.CC1CCC(C)C1.CCCC(CC)CC1=CC=NCC1. The van der Waals surface area contributed by atoms with Gasteiger partial charge in [0.1, 0.15) is 0 Å². The second-order valence-electron chi connectivity index (χ2n) is 10.0. The van der Waals surface area contributed by atoms with Gasteiger partial charge in [-0.3, -0.25) is 4.99 Å². The minimum Gasteiger partial charge on any atom is -0.293 e. The molecule has 0 spiro atoms. The van der Waals surface area contributed by atoms with Crippen LogP contribution in [-0.4, -0.2) is 12.8 Å². The van der Waals surface area contributed by atoms with Crippen LogP contribution >= 0.6 is 11.6 Å². The summed E-state index contributed by atoms with van der Waals surface area (Å²) in [6, 6.07) is 7.97. The largest absolute Gasteiger partial charge is 0.293 e. The summed E-state index contributed by atoms with van der Waals surface area (Å²) in [5.74, 6) is 2.95. The van der Waals surface area contributed by atoms with Crippen LogP contribution < -0.4 is 0 Å². The molecule has 1 heterocycles. The number of allylic oxidation sites excluding steroid dienone is 2. The van der Waals surface area contributed by atoms with Gasteiger partial charge in [-0.1, -0.05) is 94.7 Å². The van der Waals surface area contributed by atoms with Crippen molar-refractivity contribution in [2.45, 2.75) is 98.8 Å². The molecule has 3 atom stereocenters. The van der Waals surface area contributed by atoms with Gasteiger partial charge in [0.05, 0.1) is 0 Å². The molecule has 1 nitrogen and oxygen atoms in total. The monoisotopic (exact) mass is 457 g/mol. The lowest BCUT2D eigenvalue weighted by atomic mass is 9.91. The molecular formula is C30H48ClN. The average Bonchev–Trinajstić information content (AvgIpc) is 3.17. The van der Waals surface area contributed by atoms with Crippen molar-refractivity contribution < 1.29 is 0 Å². The van der Waals surface area contributed by atoms with Crippen molar-refractivity contribution in [2.75, 3.05) is 6.54 Å². The zero-order valence-corrected chi connectivity index (χ0v) is 22.3. The third-order valence-electron chi connectivity index (χ3n) is 6.51. The van der Waals surface area contributed by atoms with Gasteiger partial charge in [-0.05, 0) is 80.6 Å². The summed E-state index contributed by atoms with van der Waals surface area (Å²) < 4.78 is 0. The van der Waals surface area contributed by atoms with Crippen molar-refractivity contribution in [3.05, 3.63) is 58.7 Å². The number of benzene rings is 1. The maximum absolute atomic E-state index is 5.76. The summed E-state index contributed by atoms with van der Waals surface area (Å²) in [5, 5.41) is 0.800. The van der Waals surface area contributed by atoms with E-state index in [0.29, 0.717) is 0 Å². The molecule has 0 aromatic heterocycles. The number of hydrogen-bond acceptors (Lipinski definition) is 1. The van der Waals surface area contributed by atoms with Crippen LogP contribution in [0.25, 0.3) is 0 Å². The Morgan fingerprint density at radius 3 is 2.22 bits per heavy atom. The van der Waals surface area contributed by atoms with Gasteiger partial charge in [0.2, 0.25) is 0 Å². The molecule has 0 N–H and O–H groups in total. The molecule has 0 amide bonds. The lowest BCUT2D eigenvalue weighted by molar-refractivity contribution is 0.455. The highest BCUT2D eigenvalue weighted by atomic mass is 35.5. The van der Waals surface area contributed by atoms with Crippen molar-refractivity contribution in [1.82, 2.24) is 0 Å². The molecule has 2 aliphatic rings. The van der Waals surface area contributed by atoms with E-state index in [1.54, 1.807) is 5.57 Å². The molecule has 180 valence electrons. The molecule has 1 aromatic carbocycles. The normalized spacial score (nSPS) is 20.4. The summed E-state index contributed by atoms with van der Waals surface area (Å²) in [6.45, 7) is 16.2. The molecule has 0 bridgehead atoms. The Kier molecular flexibility index (Phi) is 15.4. The Hall–Kier alpha value is -1.34. The fourth-order valence-electron chi connectivity index (χ4n) is 4.42. The van der Waals surface area contributed by atoms with E-state index in [1.807, 2.05) is 18.3 Å². The van der Waals surface area contributed by atoms with E-state index >= 15 is 0 Å². The Labute approximate surface area is 204 Å². The molecule has 2 heteroatoms. The zero-order valence-electron chi connectivity index (χ0n) is 21.5. The highest BCUT2D eigenvalue weighted by Crippen LogP contribution is 2.29. The quantitative estimate of drug-likeness (QED) is 0.344. The molecule has 1 aliphatic carbocycles. The number of halogens is 1. The number of aryl methyl sites for hydroxylation is 1. The summed E-state index contributed by atoms with van der Waals surface area (Å²) in [5.41, 5.74) is 4.16. The van der Waals surface area contributed by atoms with Crippen LogP contribution in [0.2, 0.25) is 5.02 Å². The van der Waals surface area contributed by atoms with E-state index in [-0.39, 0.29) is 0 Å². The Balaban J connectivity index is 0.000000250. The molecule has 3 unspecified atom stereocenters. The van der Waals surface area contributed by atoms with Crippen LogP contribution in [0.15, 0.2) is 53.1 Å². The van der Waals surface area contributed by atoms with Gasteiger partial charge < -0.3 is 0 Å². The first-order valence-electron chi connectivity index (χ1n) is 12.9. The molecule has 0 radical (unpaired) electrons. The second kappa shape index (κ2) is 17.2. The lowest BCUT2D eigenvalue weighted by Crippen LogP contribution is -2.03. The first kappa shape index (κ1) is 28.7. The number of nitrogens with zero attached hydrogens (tertiary/aromatic N) is 1. The van der Waals surface area contributed by atoms with Crippen molar-refractivity contribution in [3.63, 3.8) is 0 Å². The topological polar surface area (TPSA) is 12.4 Å². The fourth-order valence-corrected chi connectivity index (χ4v) is 4.55. The minimum absolute atomic E-state index is 0.800. The van der Waals surface area contributed by atoms with E-state index in [2.05, 4.69) is 64.4 Å². The van der Waals surface area contributed by atoms with Gasteiger partial charge in [0, 0.05) is 17.8 Å². The predicted molar refractivity (Wildman–Crippen MR) is 146 cm³/mol. The van der Waals surface area contributed by atoms with Crippen LogP contribution in [0.4, 0.5) is 0 Å². The third-order valence-corrected chi connectivity index (χ3v) is 6.77. The second-order valence-corrected chi connectivity index (χ2v) is 10.4. The predicted octanol–water partition coefficient (Wildman–Crippen LogP) is 9.89. The number of rotatable bonds is 8. The van der Waals surface area contributed by atoms with Crippen molar-refractivity contribution >= 4 is 17.8 Å². The maximum atomic E-state index is 5.76. The van der Waals surface area contributed by atoms with E-state index < -0.39 is 0 Å². The summed E-state index contributed by atoms with van der Waals surface area (Å²) in [4.78, 5) is 4.21. The van der Waals surface area contributed by atoms with Gasteiger partial charge in [0.25, 0.3) is 0 Å². The van der Waals surface area contributed by atoms with Crippen LogP contribution in [0, 0.1) is 17.8 Å². The van der Waals surface area contributed by atoms with Gasteiger partial charge in [-0.25, -0.2) is 0 Å². The van der Waals surface area contributed by atoms with Gasteiger partial charge >= 0.3 is 0 Å². The molecular weight excluding hydrogens is 410 g/mol. The standard InChI is InChI=1S/C12H21N.C11H13Cl.C7H14/c1-3-5-11(4-2)10-12-6-8-13-9-7-12;1-9(2)3-4-10-5-7-11(12)8-6-10;1-6-3-4-7(2)5-6/h6,8,11H,3-5,7,9-10H2,1-2H3;5-8H,1,3-4H2,2H3;6-7H,3-5H2,1-2H3. The van der Waals surface area contributed by atoms with Crippen molar-refractivity contribution in [3.8, 4) is 0 Å². The van der Waals surface area contributed by atoms with Crippen molar-refractivity contribution in [1.29, 1.82) is 0 Å². The minimum atomic E-state index is 0.800. The highest BCUT2D eigenvalue weighted by Gasteiger charge is 2.16. The summed E-state index contributed by atoms with van der Waals surface area (Å²) in [7, 11) is 0. The highest BCUT2D eigenvalue weighted by molar-refractivity contribution is 6.30. The Morgan fingerprint density at radius 1 is 1.12 bits per heavy atom. The zero-order chi connectivity index (χ0) is 23.8. The molecule has 32 heavy (non-hydrogen) atoms. The number of hydrogen-bond donors (Lipinski definition) is 0. The first-order valence-corrected chi connectivity index (χ1v) is 13.3. The van der Waals surface area contributed by atoms with Crippen molar-refractivity contribution in [2.24, 2.45) is 22.7 Å². The van der Waals surface area contributed by atoms with Gasteiger partial charge in [-0.15, -0.1) is 6.58 Å². The van der Waals surface area contributed by atoms with E-state index in [1.165, 1.54) is 62.5 Å². The number of dihydropyridines is 1. The van der Waals surface area contributed by atoms with Gasteiger partial charge in [-0.2, -0.15) is 0 Å². The maximum Gasteiger partial charge on any atom is 0.0426 e. The molecule has 1 aromatic rings. The smallest absolute Gasteiger partial charge is 0.0426 e. The lowest BCUT2D eigenvalue weighted by Gasteiger charge is -2.16. The fraction of sp³-hybridized carbons (Fsp3) is 0.633. The first-order chi connectivity index (χ1) is 15.3. The summed E-state index contributed by atoms with van der Waals surface area (Å²) in [6.07, 6.45) is 17.2. The van der Waals surface area contributed by atoms with Gasteiger partial charge in [0.15, 0.2) is 0 Å². The van der Waals surface area contributed by atoms with E-state index in [4.69, 9.17) is 11.6 Å². The van der Waals surface area contributed by atoms with E-state index in [0.717, 1.165) is 42.2 Å². The molecule has 1 saturated carbocycles. The Morgan fingerprint density at radius 2 is 1.78 bits per heavy atom. The van der Waals surface area contributed by atoms with Crippen LogP contribution in [0.1, 0.15) is 98.0 Å². The Bertz CT molecular complexity index is 677. The average molecular weight is 458 g/mol. The van der Waals surface area contributed by atoms with E-state index in [9.17, 15) is 0 Å². The summed E-state index contributed by atoms with van der Waals surface area (Å²) >= 11 is 5.76. The van der Waals surface area contributed by atoms with Crippen LogP contribution in [-0.2, 0) is 6.42 Å². The molecule has 0 saturated heterocycles. The van der Waals surface area contributed by atoms with Crippen LogP contribution in [0.3, 0.4) is 0 Å². The molecule has 3 rings (SSSR count). The molecule has 1 aliphatic heterocycles. The van der Waals surface area contributed by atoms with Crippen LogP contribution in [0.5, 0.6) is 0 Å². The third kappa shape index (κ3) is 13.9. The number of aliphatic imine (C=N–C) groups is 1. The molecule has 1 fully saturated rings.